The zero-order valence-corrected chi connectivity index (χ0v) is 13.0. The highest BCUT2D eigenvalue weighted by Gasteiger charge is 2.48. The van der Waals surface area contributed by atoms with Crippen molar-refractivity contribution in [2.45, 2.75) is 38.3 Å². The van der Waals surface area contributed by atoms with Crippen LogP contribution >= 0.6 is 0 Å². The number of nitrogens with one attached hydrogen (secondary N) is 1. The zero-order valence-electron chi connectivity index (χ0n) is 13.0. The molecule has 22 heavy (non-hydrogen) atoms. The van der Waals surface area contributed by atoms with Crippen LogP contribution in [0.5, 0.6) is 0 Å². The summed E-state index contributed by atoms with van der Waals surface area (Å²) in [6.45, 7) is 6.77. The third-order valence-electron chi connectivity index (χ3n) is 5.49. The second kappa shape index (κ2) is 4.81. The Morgan fingerprint density at radius 3 is 2.86 bits per heavy atom. The van der Waals surface area contributed by atoms with Crippen molar-refractivity contribution in [2.75, 3.05) is 13.1 Å². The Bertz CT molecular complexity index is 714. The Hall–Kier alpha value is -1.88. The summed E-state index contributed by atoms with van der Waals surface area (Å²) in [6, 6.07) is 5.69. The summed E-state index contributed by atoms with van der Waals surface area (Å²) in [6.07, 6.45) is 4.01. The van der Waals surface area contributed by atoms with E-state index in [1.807, 2.05) is 12.1 Å². The maximum Gasteiger partial charge on any atom is 0.251 e. The summed E-state index contributed by atoms with van der Waals surface area (Å²) in [4.78, 5) is 15.1. The fourth-order valence-corrected chi connectivity index (χ4v) is 4.10. The quantitative estimate of drug-likeness (QED) is 0.925. The molecule has 1 atom stereocenters. The molecule has 2 aromatic rings. The average molecular weight is 299 g/mol. The predicted molar refractivity (Wildman–Crippen MR) is 83.6 cm³/mol. The Morgan fingerprint density at radius 2 is 2.14 bits per heavy atom. The third kappa shape index (κ3) is 2.03. The summed E-state index contributed by atoms with van der Waals surface area (Å²) in [5.41, 5.74) is 1.31. The number of hydrogen-bond donors (Lipinski definition) is 1. The highest BCUT2D eigenvalue weighted by molar-refractivity contribution is 5.97. The van der Waals surface area contributed by atoms with Crippen molar-refractivity contribution in [3.05, 3.63) is 30.0 Å². The first-order chi connectivity index (χ1) is 10.6. The Morgan fingerprint density at radius 1 is 1.36 bits per heavy atom. The molecule has 2 bridgehead atoms. The smallest absolute Gasteiger partial charge is 0.251 e. The predicted octanol–water partition coefficient (Wildman–Crippen LogP) is 2.43. The minimum absolute atomic E-state index is 0.0210. The molecule has 0 aliphatic carbocycles. The molecule has 5 heteroatoms. The van der Waals surface area contributed by atoms with Crippen molar-refractivity contribution in [3.63, 3.8) is 0 Å². The molecule has 3 saturated heterocycles. The summed E-state index contributed by atoms with van der Waals surface area (Å²) in [5, 5.41) is 7.95. The molecule has 1 aromatic carbocycles. The van der Waals surface area contributed by atoms with Crippen LogP contribution in [0.1, 0.15) is 37.0 Å². The molecule has 0 unspecified atom stereocenters. The molecule has 3 aliphatic heterocycles. The number of carbonyl (C=O) groups excluding carboxylic acids is 1. The van der Waals surface area contributed by atoms with Crippen LogP contribution in [0.3, 0.4) is 0 Å². The molecule has 1 amide bonds. The number of aromatic nitrogens is 1. The number of carbonyl (C=O) groups is 1. The largest absolute Gasteiger partial charge is 0.356 e. The molecule has 1 N–H and O–H groups in total. The van der Waals surface area contributed by atoms with E-state index >= 15 is 0 Å². The average Bonchev–Trinajstić information content (AvgIpc) is 2.98. The summed E-state index contributed by atoms with van der Waals surface area (Å²) < 4.78 is 5.15. The van der Waals surface area contributed by atoms with Gasteiger partial charge in [0.05, 0.1) is 6.20 Å². The van der Waals surface area contributed by atoms with Crippen LogP contribution in [0.25, 0.3) is 11.0 Å². The fourth-order valence-electron chi connectivity index (χ4n) is 4.10. The molecule has 5 nitrogen and oxygen atoms in total. The Kier molecular flexibility index (Phi) is 3.01. The van der Waals surface area contributed by atoms with Gasteiger partial charge in [0.15, 0.2) is 5.58 Å². The van der Waals surface area contributed by atoms with Gasteiger partial charge < -0.3 is 9.84 Å². The van der Waals surface area contributed by atoms with E-state index in [4.69, 9.17) is 4.52 Å². The number of benzene rings is 1. The van der Waals surface area contributed by atoms with E-state index in [0.717, 1.165) is 18.5 Å². The second-order valence-corrected chi connectivity index (χ2v) is 7.01. The van der Waals surface area contributed by atoms with Crippen LogP contribution in [-0.2, 0) is 0 Å². The van der Waals surface area contributed by atoms with Crippen LogP contribution in [0, 0.1) is 5.92 Å². The lowest BCUT2D eigenvalue weighted by Crippen LogP contribution is -2.69. The molecular weight excluding hydrogens is 278 g/mol. The number of piperidine rings is 3. The molecule has 0 spiro atoms. The summed E-state index contributed by atoms with van der Waals surface area (Å²) in [7, 11) is 0. The molecule has 3 fully saturated rings. The lowest BCUT2D eigenvalue weighted by atomic mass is 9.72. The van der Waals surface area contributed by atoms with Crippen molar-refractivity contribution in [3.8, 4) is 0 Å². The zero-order chi connectivity index (χ0) is 15.3. The molecular formula is C17H21N3O2. The molecule has 116 valence electrons. The SMILES string of the molecule is CC1(C)[C@@H](NC(=O)c2ccc3cnoc3c2)C2CCN1CC2. The standard InChI is InChI=1S/C17H21N3O2/c1-17(2)15(11-5-7-20(17)8-6-11)19-16(21)12-3-4-13-10-18-22-14(13)9-12/h3-4,9-11,15H,5-8H2,1-2H3,(H,19,21)/t15-/m0/s1. The fraction of sp³-hybridized carbons (Fsp3) is 0.529. The van der Waals surface area contributed by atoms with Gasteiger partial charge in [0.25, 0.3) is 5.91 Å². The molecule has 1 aromatic heterocycles. The van der Waals surface area contributed by atoms with Gasteiger partial charge in [-0.15, -0.1) is 0 Å². The highest BCUT2D eigenvalue weighted by atomic mass is 16.5. The van der Waals surface area contributed by atoms with Crippen LogP contribution in [0.2, 0.25) is 0 Å². The second-order valence-electron chi connectivity index (χ2n) is 7.01. The molecule has 0 radical (unpaired) electrons. The molecule has 4 heterocycles. The van der Waals surface area contributed by atoms with Gasteiger partial charge in [-0.25, -0.2) is 0 Å². The number of amides is 1. The van der Waals surface area contributed by atoms with Gasteiger partial charge in [0.1, 0.15) is 0 Å². The number of hydrogen-bond acceptors (Lipinski definition) is 4. The number of rotatable bonds is 2. The first kappa shape index (κ1) is 13.8. The van der Waals surface area contributed by atoms with Crippen LogP contribution in [0.4, 0.5) is 0 Å². The lowest BCUT2D eigenvalue weighted by molar-refractivity contribution is -0.0378. The summed E-state index contributed by atoms with van der Waals surface area (Å²) in [5.74, 6) is 0.558. The highest BCUT2D eigenvalue weighted by Crippen LogP contribution is 2.39. The van der Waals surface area contributed by atoms with Crippen molar-refractivity contribution in [1.29, 1.82) is 0 Å². The maximum absolute atomic E-state index is 12.7. The topological polar surface area (TPSA) is 58.4 Å². The van der Waals surface area contributed by atoms with Gasteiger partial charge in [-0.3, -0.25) is 9.69 Å². The van der Waals surface area contributed by atoms with Crippen molar-refractivity contribution in [1.82, 2.24) is 15.4 Å². The molecule has 3 aliphatic rings. The number of fused-ring (bicyclic) bond motifs is 4. The maximum atomic E-state index is 12.7. The van der Waals surface area contributed by atoms with E-state index in [1.165, 1.54) is 12.8 Å². The van der Waals surface area contributed by atoms with E-state index in [0.29, 0.717) is 17.1 Å². The van der Waals surface area contributed by atoms with Crippen LogP contribution in [-0.4, -0.2) is 40.6 Å². The minimum Gasteiger partial charge on any atom is -0.356 e. The van der Waals surface area contributed by atoms with Crippen molar-refractivity contribution < 1.29 is 9.32 Å². The lowest BCUT2D eigenvalue weighted by Gasteiger charge is -2.56. The number of nitrogens with zero attached hydrogens (tertiary/aromatic N) is 2. The van der Waals surface area contributed by atoms with E-state index in [1.54, 1.807) is 12.3 Å². The monoisotopic (exact) mass is 299 g/mol. The minimum atomic E-state index is -0.0230. The van der Waals surface area contributed by atoms with E-state index in [9.17, 15) is 4.79 Å². The van der Waals surface area contributed by atoms with E-state index in [-0.39, 0.29) is 17.5 Å². The Labute approximate surface area is 129 Å². The van der Waals surface area contributed by atoms with Gasteiger partial charge in [-0.2, -0.15) is 0 Å². The van der Waals surface area contributed by atoms with Crippen LogP contribution in [0.15, 0.2) is 28.9 Å². The third-order valence-corrected chi connectivity index (χ3v) is 5.49. The van der Waals surface area contributed by atoms with Gasteiger partial charge in [0.2, 0.25) is 0 Å². The normalized spacial score (nSPS) is 29.6. The van der Waals surface area contributed by atoms with Crippen molar-refractivity contribution >= 4 is 16.9 Å². The molecule has 0 saturated carbocycles. The van der Waals surface area contributed by atoms with Gasteiger partial charge in [-0.1, -0.05) is 5.16 Å². The molecule has 5 rings (SSSR count). The van der Waals surface area contributed by atoms with E-state index < -0.39 is 0 Å². The Balaban J connectivity index is 1.58. The van der Waals surface area contributed by atoms with Gasteiger partial charge >= 0.3 is 0 Å². The first-order valence-electron chi connectivity index (χ1n) is 7.96. The first-order valence-corrected chi connectivity index (χ1v) is 7.96. The van der Waals surface area contributed by atoms with E-state index in [2.05, 4.69) is 29.2 Å². The summed E-state index contributed by atoms with van der Waals surface area (Å²) >= 11 is 0. The van der Waals surface area contributed by atoms with Crippen molar-refractivity contribution in [2.24, 2.45) is 5.92 Å². The van der Waals surface area contributed by atoms with Gasteiger partial charge in [-0.05, 0) is 63.9 Å². The van der Waals surface area contributed by atoms with Crippen LogP contribution < -0.4 is 5.32 Å². The van der Waals surface area contributed by atoms with Gasteiger partial charge in [0, 0.05) is 22.5 Å².